The lowest BCUT2D eigenvalue weighted by molar-refractivity contribution is 0.0127. The van der Waals surface area contributed by atoms with E-state index in [9.17, 15) is 10.2 Å². The van der Waals surface area contributed by atoms with Crippen LogP contribution in [0.4, 0.5) is 0 Å². The maximum atomic E-state index is 10.1. The zero-order valence-electron chi connectivity index (χ0n) is 10.6. The van der Waals surface area contributed by atoms with Crippen molar-refractivity contribution >= 4 is 0 Å². The molecule has 0 bridgehead atoms. The van der Waals surface area contributed by atoms with Crippen LogP contribution in [0.1, 0.15) is 23.7 Å². The lowest BCUT2D eigenvalue weighted by Gasteiger charge is -2.20. The molecule has 0 aliphatic carbocycles. The second kappa shape index (κ2) is 6.59. The van der Waals surface area contributed by atoms with Gasteiger partial charge in [-0.2, -0.15) is 0 Å². The summed E-state index contributed by atoms with van der Waals surface area (Å²) in [6.07, 6.45) is -1.22. The van der Waals surface area contributed by atoms with Crippen LogP contribution in [0, 0.1) is 6.92 Å². The molecule has 0 aliphatic heterocycles. The molecule has 17 heavy (non-hydrogen) atoms. The fourth-order valence-corrected chi connectivity index (χ4v) is 1.72. The summed E-state index contributed by atoms with van der Waals surface area (Å²) in [5.41, 5.74) is 1.68. The van der Waals surface area contributed by atoms with Crippen LogP contribution < -0.4 is 10.1 Å². The van der Waals surface area contributed by atoms with E-state index in [0.29, 0.717) is 24.3 Å². The van der Waals surface area contributed by atoms with Gasteiger partial charge in [-0.05, 0) is 38.6 Å². The number of aryl methyl sites for hydroxylation is 1. The third-order valence-corrected chi connectivity index (χ3v) is 2.76. The van der Waals surface area contributed by atoms with Crippen LogP contribution >= 0.6 is 0 Å². The molecule has 0 spiro atoms. The Kier molecular flexibility index (Phi) is 5.41. The van der Waals surface area contributed by atoms with Crippen molar-refractivity contribution in [3.63, 3.8) is 0 Å². The van der Waals surface area contributed by atoms with Gasteiger partial charge in [0.05, 0.1) is 13.2 Å². The summed E-state index contributed by atoms with van der Waals surface area (Å²) in [5.74, 6) is 0.612. The van der Waals surface area contributed by atoms with Crippen LogP contribution in [0.5, 0.6) is 5.75 Å². The lowest BCUT2D eigenvalue weighted by Crippen LogP contribution is -2.23. The van der Waals surface area contributed by atoms with Crippen LogP contribution in [0.3, 0.4) is 0 Å². The number of aliphatic hydroxyl groups is 2. The van der Waals surface area contributed by atoms with Crippen molar-refractivity contribution in [1.82, 2.24) is 5.32 Å². The van der Waals surface area contributed by atoms with Crippen molar-refractivity contribution in [2.24, 2.45) is 0 Å². The third kappa shape index (κ3) is 3.70. The molecule has 3 N–H and O–H groups in total. The van der Waals surface area contributed by atoms with E-state index in [1.54, 1.807) is 13.2 Å². The zero-order valence-corrected chi connectivity index (χ0v) is 10.6. The second-order valence-electron chi connectivity index (χ2n) is 4.15. The molecule has 96 valence electrons. The van der Waals surface area contributed by atoms with Gasteiger partial charge in [0.2, 0.25) is 0 Å². The first-order valence-corrected chi connectivity index (χ1v) is 5.75. The quantitative estimate of drug-likeness (QED) is 0.693. The first-order chi connectivity index (χ1) is 8.10. The van der Waals surface area contributed by atoms with E-state index in [1.807, 2.05) is 26.1 Å². The molecule has 0 fully saturated rings. The van der Waals surface area contributed by atoms with Crippen molar-refractivity contribution in [3.05, 3.63) is 29.3 Å². The molecule has 2 unspecified atom stereocenters. The van der Waals surface area contributed by atoms with Gasteiger partial charge in [-0.1, -0.05) is 12.1 Å². The summed E-state index contributed by atoms with van der Waals surface area (Å²) in [6, 6.07) is 5.54. The van der Waals surface area contributed by atoms with Crippen molar-refractivity contribution in [3.8, 4) is 5.75 Å². The standard InChI is InChI=1S/C13H21NO3/c1-9-4-5-10(12(8-9)17-3)13(16)11(15)6-7-14-2/h4-5,8,11,13-16H,6-7H2,1-3H3. The fraction of sp³-hybridized carbons (Fsp3) is 0.538. The SMILES string of the molecule is CNCCC(O)C(O)c1ccc(C)cc1OC. The number of rotatable bonds is 6. The maximum absolute atomic E-state index is 10.1. The molecule has 0 aromatic heterocycles. The Labute approximate surface area is 102 Å². The predicted octanol–water partition coefficient (Wildman–Crippen LogP) is 1.01. The predicted molar refractivity (Wildman–Crippen MR) is 67.2 cm³/mol. The molecule has 1 aromatic rings. The molecule has 0 saturated heterocycles. The Morgan fingerprint density at radius 2 is 2.06 bits per heavy atom. The highest BCUT2D eigenvalue weighted by Gasteiger charge is 2.21. The molecule has 0 aliphatic rings. The van der Waals surface area contributed by atoms with Crippen LogP contribution in [0.2, 0.25) is 0 Å². The monoisotopic (exact) mass is 239 g/mol. The highest BCUT2D eigenvalue weighted by atomic mass is 16.5. The molecule has 2 atom stereocenters. The van der Waals surface area contributed by atoms with Crippen molar-refractivity contribution < 1.29 is 14.9 Å². The van der Waals surface area contributed by atoms with Crippen LogP contribution in [-0.2, 0) is 0 Å². The van der Waals surface area contributed by atoms with E-state index in [2.05, 4.69) is 5.32 Å². The van der Waals surface area contributed by atoms with Crippen LogP contribution in [-0.4, -0.2) is 37.0 Å². The Morgan fingerprint density at radius 1 is 1.35 bits per heavy atom. The first kappa shape index (κ1) is 14.0. The molecule has 0 amide bonds. The summed E-state index contributed by atoms with van der Waals surface area (Å²) in [6.45, 7) is 2.61. The summed E-state index contributed by atoms with van der Waals surface area (Å²) < 4.78 is 5.22. The summed E-state index contributed by atoms with van der Waals surface area (Å²) >= 11 is 0. The van der Waals surface area contributed by atoms with Gasteiger partial charge in [0.15, 0.2) is 0 Å². The number of ether oxygens (including phenoxy) is 1. The van der Waals surface area contributed by atoms with Gasteiger partial charge in [-0.3, -0.25) is 0 Å². The van der Waals surface area contributed by atoms with Gasteiger partial charge in [0, 0.05) is 5.56 Å². The van der Waals surface area contributed by atoms with E-state index in [-0.39, 0.29) is 0 Å². The molecule has 1 aromatic carbocycles. The molecule has 4 nitrogen and oxygen atoms in total. The minimum Gasteiger partial charge on any atom is -0.496 e. The fourth-order valence-electron chi connectivity index (χ4n) is 1.72. The van der Waals surface area contributed by atoms with Gasteiger partial charge in [0.25, 0.3) is 0 Å². The Bertz CT molecular complexity index is 355. The highest BCUT2D eigenvalue weighted by molar-refractivity contribution is 5.39. The van der Waals surface area contributed by atoms with Gasteiger partial charge in [0.1, 0.15) is 11.9 Å². The Balaban J connectivity index is 2.83. The molecule has 4 heteroatoms. The average Bonchev–Trinajstić information content (AvgIpc) is 2.34. The van der Waals surface area contributed by atoms with Crippen LogP contribution in [0.25, 0.3) is 0 Å². The second-order valence-corrected chi connectivity index (χ2v) is 4.15. The molecule has 1 rings (SSSR count). The third-order valence-electron chi connectivity index (χ3n) is 2.76. The van der Waals surface area contributed by atoms with Gasteiger partial charge in [-0.15, -0.1) is 0 Å². The number of nitrogens with one attached hydrogen (secondary N) is 1. The van der Waals surface area contributed by atoms with E-state index >= 15 is 0 Å². The summed E-state index contributed by atoms with van der Waals surface area (Å²) in [4.78, 5) is 0. The van der Waals surface area contributed by atoms with E-state index in [1.165, 1.54) is 0 Å². The van der Waals surface area contributed by atoms with Gasteiger partial charge < -0.3 is 20.3 Å². The van der Waals surface area contributed by atoms with Crippen molar-refractivity contribution in [1.29, 1.82) is 0 Å². The minimum atomic E-state index is -0.918. The van der Waals surface area contributed by atoms with Crippen LogP contribution in [0.15, 0.2) is 18.2 Å². The number of hydrogen-bond donors (Lipinski definition) is 3. The normalized spacial score (nSPS) is 14.4. The number of aliphatic hydroxyl groups excluding tert-OH is 2. The van der Waals surface area contributed by atoms with E-state index < -0.39 is 12.2 Å². The summed E-state index contributed by atoms with van der Waals surface area (Å²) in [5, 5.41) is 22.8. The minimum absolute atomic E-state index is 0.495. The molecule has 0 heterocycles. The zero-order chi connectivity index (χ0) is 12.8. The van der Waals surface area contributed by atoms with Gasteiger partial charge in [-0.25, -0.2) is 0 Å². The topological polar surface area (TPSA) is 61.7 Å². The summed E-state index contributed by atoms with van der Waals surface area (Å²) in [7, 11) is 3.37. The lowest BCUT2D eigenvalue weighted by atomic mass is 10.00. The first-order valence-electron chi connectivity index (χ1n) is 5.75. The Morgan fingerprint density at radius 3 is 2.65 bits per heavy atom. The highest BCUT2D eigenvalue weighted by Crippen LogP contribution is 2.29. The van der Waals surface area contributed by atoms with Crippen molar-refractivity contribution in [2.75, 3.05) is 20.7 Å². The van der Waals surface area contributed by atoms with E-state index in [4.69, 9.17) is 4.74 Å². The van der Waals surface area contributed by atoms with Gasteiger partial charge >= 0.3 is 0 Å². The number of benzene rings is 1. The van der Waals surface area contributed by atoms with Crippen molar-refractivity contribution in [2.45, 2.75) is 25.6 Å². The van der Waals surface area contributed by atoms with E-state index in [0.717, 1.165) is 5.56 Å². The smallest absolute Gasteiger partial charge is 0.125 e. The molecular weight excluding hydrogens is 218 g/mol. The Hall–Kier alpha value is -1.10. The molecule has 0 radical (unpaired) electrons. The number of hydrogen-bond acceptors (Lipinski definition) is 4. The molecule has 0 saturated carbocycles. The largest absolute Gasteiger partial charge is 0.496 e. The number of methoxy groups -OCH3 is 1. The maximum Gasteiger partial charge on any atom is 0.125 e. The molecular formula is C13H21NO3. The average molecular weight is 239 g/mol.